The van der Waals surface area contributed by atoms with Crippen molar-refractivity contribution in [2.45, 2.75) is 58.9 Å². The van der Waals surface area contributed by atoms with Crippen LogP contribution in [0.3, 0.4) is 0 Å². The van der Waals surface area contributed by atoms with Crippen LogP contribution in [0.25, 0.3) is 0 Å². The predicted molar refractivity (Wildman–Crippen MR) is 91.3 cm³/mol. The van der Waals surface area contributed by atoms with Gasteiger partial charge < -0.3 is 10.6 Å². The van der Waals surface area contributed by atoms with Crippen molar-refractivity contribution in [3.63, 3.8) is 0 Å². The van der Waals surface area contributed by atoms with Gasteiger partial charge >= 0.3 is 0 Å². The van der Waals surface area contributed by atoms with E-state index in [2.05, 4.69) is 62.6 Å². The average Bonchev–Trinajstić information content (AvgIpc) is 2.68. The molecule has 2 nitrogen and oxygen atoms in total. The SMILES string of the molecule is CC(C)c1ccccc1NC(=S)NC1CCC(C)(C)C1. The Morgan fingerprint density at radius 2 is 2.00 bits per heavy atom. The molecule has 1 aliphatic carbocycles. The molecule has 1 aromatic carbocycles. The van der Waals surface area contributed by atoms with E-state index >= 15 is 0 Å². The van der Waals surface area contributed by atoms with Crippen molar-refractivity contribution in [1.82, 2.24) is 5.32 Å². The van der Waals surface area contributed by atoms with Gasteiger partial charge in [-0.05, 0) is 54.4 Å². The molecule has 3 heteroatoms. The number of nitrogens with one attached hydrogen (secondary N) is 2. The van der Waals surface area contributed by atoms with Gasteiger partial charge in [-0.1, -0.05) is 45.9 Å². The van der Waals surface area contributed by atoms with E-state index in [1.54, 1.807) is 0 Å². The highest BCUT2D eigenvalue weighted by Gasteiger charge is 2.31. The summed E-state index contributed by atoms with van der Waals surface area (Å²) in [5, 5.41) is 7.59. The predicted octanol–water partition coefficient (Wildman–Crippen LogP) is 4.68. The van der Waals surface area contributed by atoms with Crippen LogP contribution in [-0.2, 0) is 0 Å². The van der Waals surface area contributed by atoms with E-state index in [0.717, 1.165) is 10.8 Å². The Morgan fingerprint density at radius 3 is 2.60 bits per heavy atom. The molecule has 0 saturated heterocycles. The van der Waals surface area contributed by atoms with Crippen LogP contribution in [0.1, 0.15) is 58.4 Å². The fourth-order valence-electron chi connectivity index (χ4n) is 3.02. The highest BCUT2D eigenvalue weighted by molar-refractivity contribution is 7.80. The fraction of sp³-hybridized carbons (Fsp3) is 0.588. The van der Waals surface area contributed by atoms with Crippen molar-refractivity contribution >= 4 is 23.0 Å². The summed E-state index contributed by atoms with van der Waals surface area (Å²) in [7, 11) is 0. The first-order chi connectivity index (χ1) is 9.37. The number of hydrogen-bond acceptors (Lipinski definition) is 1. The topological polar surface area (TPSA) is 24.1 Å². The molecule has 0 amide bonds. The number of thiocarbonyl (C=S) groups is 1. The second-order valence-electron chi connectivity index (χ2n) is 6.94. The van der Waals surface area contributed by atoms with Crippen molar-refractivity contribution in [2.75, 3.05) is 5.32 Å². The fourth-order valence-corrected chi connectivity index (χ4v) is 3.29. The van der Waals surface area contributed by atoms with Gasteiger partial charge in [-0.3, -0.25) is 0 Å². The second kappa shape index (κ2) is 6.13. The third-order valence-corrected chi connectivity index (χ3v) is 4.35. The lowest BCUT2D eigenvalue weighted by molar-refractivity contribution is 0.372. The van der Waals surface area contributed by atoms with Crippen LogP contribution in [0.4, 0.5) is 5.69 Å². The average molecular weight is 290 g/mol. The Bertz CT molecular complexity index is 480. The lowest BCUT2D eigenvalue weighted by Gasteiger charge is -2.21. The second-order valence-corrected chi connectivity index (χ2v) is 7.35. The van der Waals surface area contributed by atoms with Gasteiger partial charge in [0.05, 0.1) is 0 Å². The number of anilines is 1. The van der Waals surface area contributed by atoms with Crippen LogP contribution in [0.15, 0.2) is 24.3 Å². The summed E-state index contributed by atoms with van der Waals surface area (Å²) in [6.07, 6.45) is 3.68. The van der Waals surface area contributed by atoms with Crippen molar-refractivity contribution in [3.8, 4) is 0 Å². The molecule has 1 saturated carbocycles. The van der Waals surface area contributed by atoms with Gasteiger partial charge in [0.25, 0.3) is 0 Å². The van der Waals surface area contributed by atoms with Crippen molar-refractivity contribution in [2.24, 2.45) is 5.41 Å². The first-order valence-electron chi connectivity index (χ1n) is 7.54. The molecule has 1 unspecified atom stereocenters. The molecule has 0 aromatic heterocycles. The molecular formula is C17H26N2S. The Morgan fingerprint density at radius 1 is 1.30 bits per heavy atom. The summed E-state index contributed by atoms with van der Waals surface area (Å²) in [6.45, 7) is 9.07. The Labute approximate surface area is 128 Å². The highest BCUT2D eigenvalue weighted by atomic mass is 32.1. The van der Waals surface area contributed by atoms with Crippen molar-refractivity contribution in [3.05, 3.63) is 29.8 Å². The minimum absolute atomic E-state index is 0.448. The van der Waals surface area contributed by atoms with Crippen LogP contribution in [-0.4, -0.2) is 11.2 Å². The Hall–Kier alpha value is -1.09. The minimum Gasteiger partial charge on any atom is -0.360 e. The zero-order valence-electron chi connectivity index (χ0n) is 13.0. The van der Waals surface area contributed by atoms with E-state index < -0.39 is 0 Å². The van der Waals surface area contributed by atoms with Crippen LogP contribution in [0.5, 0.6) is 0 Å². The molecule has 0 spiro atoms. The normalized spacial score (nSPS) is 20.9. The van der Waals surface area contributed by atoms with Crippen molar-refractivity contribution < 1.29 is 0 Å². The highest BCUT2D eigenvalue weighted by Crippen LogP contribution is 2.36. The van der Waals surface area contributed by atoms with Crippen LogP contribution < -0.4 is 10.6 Å². The Balaban J connectivity index is 1.95. The van der Waals surface area contributed by atoms with Gasteiger partial charge in [0, 0.05) is 11.7 Å². The van der Waals surface area contributed by atoms with E-state index in [0.29, 0.717) is 17.4 Å². The van der Waals surface area contributed by atoms with Gasteiger partial charge in [0.1, 0.15) is 0 Å². The summed E-state index contributed by atoms with van der Waals surface area (Å²) < 4.78 is 0. The molecule has 1 aliphatic rings. The lowest BCUT2D eigenvalue weighted by atomic mass is 9.92. The molecule has 0 heterocycles. The third kappa shape index (κ3) is 3.95. The first-order valence-corrected chi connectivity index (χ1v) is 7.95. The van der Waals surface area contributed by atoms with E-state index in [9.17, 15) is 0 Å². The number of hydrogen-bond donors (Lipinski definition) is 2. The standard InChI is InChI=1S/C17H26N2S/c1-12(2)14-7-5-6-8-15(14)19-16(20)18-13-9-10-17(3,4)11-13/h5-8,12-13H,9-11H2,1-4H3,(H2,18,19,20). The Kier molecular flexibility index (Phi) is 4.69. The molecule has 1 fully saturated rings. The van der Waals surface area contributed by atoms with Crippen LogP contribution in [0, 0.1) is 5.41 Å². The van der Waals surface area contributed by atoms with Gasteiger partial charge in [-0.15, -0.1) is 0 Å². The largest absolute Gasteiger partial charge is 0.360 e. The number of para-hydroxylation sites is 1. The van der Waals surface area contributed by atoms with E-state index in [1.165, 1.54) is 24.8 Å². The summed E-state index contributed by atoms with van der Waals surface area (Å²) in [5.74, 6) is 0.493. The van der Waals surface area contributed by atoms with Gasteiger partial charge in [0.2, 0.25) is 0 Å². The summed E-state index contributed by atoms with van der Waals surface area (Å²) in [6, 6.07) is 8.90. The van der Waals surface area contributed by atoms with Gasteiger partial charge in [0.15, 0.2) is 5.11 Å². The molecule has 0 bridgehead atoms. The summed E-state index contributed by atoms with van der Waals surface area (Å²) >= 11 is 5.47. The van der Waals surface area contributed by atoms with Crippen molar-refractivity contribution in [1.29, 1.82) is 0 Å². The maximum atomic E-state index is 5.47. The monoisotopic (exact) mass is 290 g/mol. The van der Waals surface area contributed by atoms with Gasteiger partial charge in [-0.25, -0.2) is 0 Å². The molecule has 0 radical (unpaired) electrons. The molecule has 1 atom stereocenters. The molecular weight excluding hydrogens is 264 g/mol. The molecule has 2 rings (SSSR count). The maximum absolute atomic E-state index is 5.47. The van der Waals surface area contributed by atoms with Gasteiger partial charge in [-0.2, -0.15) is 0 Å². The zero-order chi connectivity index (χ0) is 14.8. The molecule has 2 N–H and O–H groups in total. The third-order valence-electron chi connectivity index (χ3n) is 4.13. The zero-order valence-corrected chi connectivity index (χ0v) is 13.8. The smallest absolute Gasteiger partial charge is 0.171 e. The molecule has 20 heavy (non-hydrogen) atoms. The summed E-state index contributed by atoms with van der Waals surface area (Å²) in [4.78, 5) is 0. The maximum Gasteiger partial charge on any atom is 0.171 e. The summed E-state index contributed by atoms with van der Waals surface area (Å²) in [5.41, 5.74) is 2.88. The van der Waals surface area contributed by atoms with Crippen LogP contribution >= 0.6 is 12.2 Å². The quantitative estimate of drug-likeness (QED) is 0.791. The van der Waals surface area contributed by atoms with Crippen LogP contribution in [0.2, 0.25) is 0 Å². The van der Waals surface area contributed by atoms with E-state index in [1.807, 2.05) is 0 Å². The molecule has 110 valence electrons. The molecule has 0 aliphatic heterocycles. The minimum atomic E-state index is 0.448. The first kappa shape index (κ1) is 15.3. The van der Waals surface area contributed by atoms with E-state index in [-0.39, 0.29) is 0 Å². The number of benzene rings is 1. The molecule has 1 aromatic rings. The van der Waals surface area contributed by atoms with E-state index in [4.69, 9.17) is 12.2 Å². The number of rotatable bonds is 3. The lowest BCUT2D eigenvalue weighted by Crippen LogP contribution is -2.36.